The van der Waals surface area contributed by atoms with Crippen molar-refractivity contribution >= 4 is 28.7 Å². The van der Waals surface area contributed by atoms with Gasteiger partial charge < -0.3 is 10.2 Å². The minimum atomic E-state index is -0.623. The number of pyridine rings is 1. The van der Waals surface area contributed by atoms with Crippen molar-refractivity contribution in [2.45, 2.75) is 0 Å². The predicted molar refractivity (Wildman–Crippen MR) is 101 cm³/mol. The summed E-state index contributed by atoms with van der Waals surface area (Å²) in [5.74, 6) is -0.871. The van der Waals surface area contributed by atoms with E-state index in [0.29, 0.717) is 17.2 Å². The monoisotopic (exact) mass is 372 g/mol. The number of fused-ring (bicyclic) bond motifs is 2. The molecule has 136 valence electrons. The Labute approximate surface area is 157 Å². The van der Waals surface area contributed by atoms with Gasteiger partial charge in [0.25, 0.3) is 17.4 Å². The van der Waals surface area contributed by atoms with E-state index >= 15 is 0 Å². The molecule has 2 aromatic heterocycles. The first-order valence-corrected chi connectivity index (χ1v) is 8.40. The average molecular weight is 372 g/mol. The van der Waals surface area contributed by atoms with Crippen LogP contribution in [0.15, 0.2) is 63.8 Å². The Kier molecular flexibility index (Phi) is 3.23. The molecule has 2 amide bonds. The fraction of sp³-hybridized carbons (Fsp3) is 0. The summed E-state index contributed by atoms with van der Waals surface area (Å²) in [6.45, 7) is 0. The van der Waals surface area contributed by atoms with Crippen LogP contribution in [0.5, 0.6) is 0 Å². The molecule has 0 aliphatic carbocycles. The third-order valence-corrected chi connectivity index (χ3v) is 4.62. The highest BCUT2D eigenvalue weighted by molar-refractivity contribution is 6.23. The largest absolute Gasteiger partial charge is 0.436 e. The molecule has 5 rings (SSSR count). The molecule has 0 spiro atoms. The minimum Gasteiger partial charge on any atom is -0.436 e. The topological polar surface area (TPSA) is 120 Å². The van der Waals surface area contributed by atoms with Gasteiger partial charge in [-0.2, -0.15) is 0 Å². The van der Waals surface area contributed by atoms with Gasteiger partial charge in [0.2, 0.25) is 5.89 Å². The number of hydrogen-bond acceptors (Lipinski definition) is 6. The zero-order chi connectivity index (χ0) is 19.4. The van der Waals surface area contributed by atoms with E-state index in [4.69, 9.17) is 10.2 Å². The third-order valence-electron chi connectivity index (χ3n) is 4.62. The lowest BCUT2D eigenvalue weighted by molar-refractivity contribution is 0.0880. The van der Waals surface area contributed by atoms with E-state index in [0.717, 1.165) is 17.1 Å². The summed E-state index contributed by atoms with van der Waals surface area (Å²) in [5.41, 5.74) is 8.14. The van der Waals surface area contributed by atoms with Crippen LogP contribution in [-0.4, -0.2) is 21.4 Å². The maximum absolute atomic E-state index is 12.5. The molecule has 0 fully saturated rings. The molecule has 0 atom stereocenters. The number of nitrogens with one attached hydrogen (secondary N) is 1. The molecule has 1 aliphatic heterocycles. The van der Waals surface area contributed by atoms with E-state index in [1.807, 2.05) is 24.3 Å². The number of anilines is 1. The van der Waals surface area contributed by atoms with Crippen LogP contribution in [-0.2, 0) is 0 Å². The molecule has 1 aliphatic rings. The van der Waals surface area contributed by atoms with E-state index in [1.165, 1.54) is 4.57 Å². The molecule has 3 heterocycles. The highest BCUT2D eigenvalue weighted by Gasteiger charge is 2.31. The maximum atomic E-state index is 12.5. The lowest BCUT2D eigenvalue weighted by Gasteiger charge is -2.12. The Bertz CT molecular complexity index is 1320. The summed E-state index contributed by atoms with van der Waals surface area (Å²) in [4.78, 5) is 40.6. The second kappa shape index (κ2) is 5.65. The average Bonchev–Trinajstić information content (AvgIpc) is 3.23. The van der Waals surface area contributed by atoms with Crippen LogP contribution in [0.3, 0.4) is 0 Å². The van der Waals surface area contributed by atoms with Crippen LogP contribution < -0.4 is 16.6 Å². The van der Waals surface area contributed by atoms with Gasteiger partial charge in [-0.25, -0.2) is 4.98 Å². The molecular formula is C20H12N4O4. The van der Waals surface area contributed by atoms with Crippen molar-refractivity contribution in [2.75, 3.05) is 5.73 Å². The first kappa shape index (κ1) is 16.0. The summed E-state index contributed by atoms with van der Waals surface area (Å²) >= 11 is 0. The number of aromatic nitrogens is 2. The van der Waals surface area contributed by atoms with Gasteiger partial charge in [0.05, 0.1) is 16.8 Å². The van der Waals surface area contributed by atoms with Crippen LogP contribution in [0.1, 0.15) is 20.7 Å². The SMILES string of the molecule is Nc1c2c(cc(=O)n1-c1ccc(-c3nc4ccccc4o3)cc1)C(=O)NC2=O. The van der Waals surface area contributed by atoms with Gasteiger partial charge in [-0.15, -0.1) is 0 Å². The van der Waals surface area contributed by atoms with E-state index < -0.39 is 17.4 Å². The normalized spacial score (nSPS) is 13.0. The van der Waals surface area contributed by atoms with Gasteiger partial charge in [-0.05, 0) is 36.4 Å². The Hall–Kier alpha value is -4.20. The van der Waals surface area contributed by atoms with Crippen LogP contribution in [0.25, 0.3) is 28.2 Å². The van der Waals surface area contributed by atoms with E-state index in [9.17, 15) is 14.4 Å². The fourth-order valence-corrected chi connectivity index (χ4v) is 3.29. The first-order valence-electron chi connectivity index (χ1n) is 8.40. The van der Waals surface area contributed by atoms with Crippen LogP contribution in [0, 0.1) is 0 Å². The van der Waals surface area contributed by atoms with Crippen molar-refractivity contribution in [2.24, 2.45) is 0 Å². The van der Waals surface area contributed by atoms with Gasteiger partial charge in [0.1, 0.15) is 11.3 Å². The zero-order valence-corrected chi connectivity index (χ0v) is 14.3. The van der Waals surface area contributed by atoms with Crippen molar-refractivity contribution in [1.29, 1.82) is 0 Å². The molecule has 8 heteroatoms. The number of imide groups is 1. The number of carbonyl (C=O) groups excluding carboxylic acids is 2. The van der Waals surface area contributed by atoms with Gasteiger partial charge in [0.15, 0.2) is 5.58 Å². The van der Waals surface area contributed by atoms with Crippen LogP contribution in [0.2, 0.25) is 0 Å². The van der Waals surface area contributed by atoms with E-state index in [-0.39, 0.29) is 16.9 Å². The Morgan fingerprint density at radius 3 is 2.46 bits per heavy atom. The summed E-state index contributed by atoms with van der Waals surface area (Å²) in [6.07, 6.45) is 0. The number of para-hydroxylation sites is 2. The Morgan fingerprint density at radius 1 is 0.964 bits per heavy atom. The second-order valence-corrected chi connectivity index (χ2v) is 6.31. The quantitative estimate of drug-likeness (QED) is 0.520. The maximum Gasteiger partial charge on any atom is 0.262 e. The van der Waals surface area contributed by atoms with Gasteiger partial charge in [0, 0.05) is 11.6 Å². The minimum absolute atomic E-state index is 0.00706. The molecule has 4 aromatic rings. The standard InChI is InChI=1S/C20H12N4O4/c21-17-16-12(18(26)23-19(16)27)9-15(25)24(17)11-7-5-10(6-8-11)20-22-13-3-1-2-4-14(13)28-20/h1-9H,21H2,(H,23,26,27). The Balaban J connectivity index is 1.60. The number of hydrogen-bond donors (Lipinski definition) is 2. The number of amides is 2. The number of nitrogens with two attached hydrogens (primary N) is 1. The second-order valence-electron chi connectivity index (χ2n) is 6.31. The lowest BCUT2D eigenvalue weighted by Crippen LogP contribution is -2.24. The number of rotatable bonds is 2. The number of carbonyl (C=O) groups is 2. The van der Waals surface area contributed by atoms with Gasteiger partial charge in [-0.3, -0.25) is 24.3 Å². The number of nitrogens with zero attached hydrogens (tertiary/aromatic N) is 2. The Morgan fingerprint density at radius 2 is 1.71 bits per heavy atom. The highest BCUT2D eigenvalue weighted by atomic mass is 16.3. The molecule has 8 nitrogen and oxygen atoms in total. The third kappa shape index (κ3) is 2.25. The van der Waals surface area contributed by atoms with Crippen molar-refractivity contribution in [3.05, 3.63) is 76.1 Å². The summed E-state index contributed by atoms with van der Waals surface area (Å²) in [6, 6.07) is 15.4. The van der Waals surface area contributed by atoms with Gasteiger partial charge >= 0.3 is 0 Å². The summed E-state index contributed by atoms with van der Waals surface area (Å²) in [5, 5.41) is 2.14. The number of nitrogen functional groups attached to an aromatic ring is 1. The van der Waals surface area contributed by atoms with Crippen molar-refractivity contribution in [3.8, 4) is 17.1 Å². The fourth-order valence-electron chi connectivity index (χ4n) is 3.29. The zero-order valence-electron chi connectivity index (χ0n) is 14.3. The predicted octanol–water partition coefficient (Wildman–Crippen LogP) is 2.11. The molecule has 3 N–H and O–H groups in total. The highest BCUT2D eigenvalue weighted by Crippen LogP contribution is 2.26. The van der Waals surface area contributed by atoms with Crippen molar-refractivity contribution in [3.63, 3.8) is 0 Å². The van der Waals surface area contributed by atoms with Crippen LogP contribution in [0.4, 0.5) is 5.82 Å². The molecule has 0 unspecified atom stereocenters. The summed E-state index contributed by atoms with van der Waals surface area (Å²) < 4.78 is 6.93. The molecule has 0 saturated carbocycles. The van der Waals surface area contributed by atoms with Crippen LogP contribution >= 0.6 is 0 Å². The van der Waals surface area contributed by atoms with Crippen molar-refractivity contribution in [1.82, 2.24) is 14.9 Å². The number of benzene rings is 2. The molecule has 0 radical (unpaired) electrons. The lowest BCUT2D eigenvalue weighted by atomic mass is 10.1. The van der Waals surface area contributed by atoms with E-state index in [1.54, 1.807) is 24.3 Å². The number of oxazole rings is 1. The molecular weight excluding hydrogens is 360 g/mol. The van der Waals surface area contributed by atoms with Gasteiger partial charge in [-0.1, -0.05) is 12.1 Å². The smallest absolute Gasteiger partial charge is 0.262 e. The summed E-state index contributed by atoms with van der Waals surface area (Å²) in [7, 11) is 0. The molecule has 0 saturated heterocycles. The molecule has 28 heavy (non-hydrogen) atoms. The van der Waals surface area contributed by atoms with Crippen molar-refractivity contribution < 1.29 is 14.0 Å². The molecule has 2 aromatic carbocycles. The molecule has 0 bridgehead atoms. The van der Waals surface area contributed by atoms with E-state index in [2.05, 4.69) is 10.3 Å². The first-order chi connectivity index (χ1) is 13.5.